The molecule has 0 fully saturated rings. The number of nitrogens with one attached hydrogen (secondary N) is 1. The molecule has 0 saturated carbocycles. The first-order valence-corrected chi connectivity index (χ1v) is 9.22. The lowest BCUT2D eigenvalue weighted by atomic mass is 10.1. The number of hydrogen-bond donors (Lipinski definition) is 1. The summed E-state index contributed by atoms with van der Waals surface area (Å²) in [6, 6.07) is 15.9. The number of anilines is 1. The molecule has 1 N–H and O–H groups in total. The van der Waals surface area contributed by atoms with E-state index in [0.717, 1.165) is 0 Å². The summed E-state index contributed by atoms with van der Waals surface area (Å²) in [5, 5.41) is 3.36. The highest BCUT2D eigenvalue weighted by Crippen LogP contribution is 2.29. The molecule has 2 aromatic carbocycles. The fourth-order valence-electron chi connectivity index (χ4n) is 2.74. The number of aryl methyl sites for hydroxylation is 2. The predicted octanol–water partition coefficient (Wildman–Crippen LogP) is 5.81. The molecule has 0 saturated heterocycles. The van der Waals surface area contributed by atoms with Gasteiger partial charge in [0.05, 0.1) is 10.6 Å². The van der Waals surface area contributed by atoms with Crippen molar-refractivity contribution < 1.29 is 18.7 Å². The molecule has 0 aliphatic rings. The van der Waals surface area contributed by atoms with Crippen molar-refractivity contribution in [3.8, 4) is 11.5 Å². The number of para-hydroxylation sites is 1. The first-order chi connectivity index (χ1) is 13.4. The number of ether oxygens (including phenoxy) is 1. The second kappa shape index (κ2) is 8.76. The molecule has 0 unspecified atom stereocenters. The number of hydrogen-bond acceptors (Lipinski definition) is 4. The van der Waals surface area contributed by atoms with E-state index in [-0.39, 0.29) is 18.1 Å². The van der Waals surface area contributed by atoms with E-state index in [1.165, 1.54) is 6.92 Å². The van der Waals surface area contributed by atoms with Gasteiger partial charge in [-0.15, -0.1) is 0 Å². The molecule has 0 atom stereocenters. The molecule has 1 aromatic heterocycles. The molecule has 1 heterocycles. The van der Waals surface area contributed by atoms with E-state index in [2.05, 4.69) is 5.32 Å². The van der Waals surface area contributed by atoms with Gasteiger partial charge in [0.2, 0.25) is 5.91 Å². The first kappa shape index (κ1) is 19.7. The minimum atomic E-state index is -0.141. The van der Waals surface area contributed by atoms with Gasteiger partial charge in [-0.1, -0.05) is 23.7 Å². The van der Waals surface area contributed by atoms with Crippen molar-refractivity contribution >= 4 is 29.0 Å². The highest BCUT2D eigenvalue weighted by molar-refractivity contribution is 6.32. The minimum Gasteiger partial charge on any atom is -0.466 e. The lowest BCUT2D eigenvalue weighted by molar-refractivity contribution is -0.116. The second-order valence-corrected chi connectivity index (χ2v) is 6.75. The first-order valence-electron chi connectivity index (χ1n) is 8.85. The van der Waals surface area contributed by atoms with Gasteiger partial charge in [0, 0.05) is 18.5 Å². The Labute approximate surface area is 168 Å². The Balaban J connectivity index is 1.54. The summed E-state index contributed by atoms with van der Waals surface area (Å²) in [7, 11) is 0. The fraction of sp³-hybridized carbons (Fsp3) is 0.182. The largest absolute Gasteiger partial charge is 0.466 e. The molecule has 3 aromatic rings. The van der Waals surface area contributed by atoms with E-state index in [1.807, 2.05) is 12.1 Å². The summed E-state index contributed by atoms with van der Waals surface area (Å²) in [5.74, 6) is 2.21. The van der Waals surface area contributed by atoms with Gasteiger partial charge in [-0.05, 0) is 56.3 Å². The summed E-state index contributed by atoms with van der Waals surface area (Å²) < 4.78 is 11.3. The molecule has 28 heavy (non-hydrogen) atoms. The van der Waals surface area contributed by atoms with Crippen LogP contribution in [-0.4, -0.2) is 11.7 Å². The minimum absolute atomic E-state index is 0.0453. The van der Waals surface area contributed by atoms with Gasteiger partial charge in [0.25, 0.3) is 0 Å². The summed E-state index contributed by atoms with van der Waals surface area (Å²) in [6.45, 7) is 3.24. The SMILES string of the molecule is CC(=O)c1cc(CCC(=O)Nc2ccc(Oc3ccccc3Cl)cc2)oc1C. The Hall–Kier alpha value is -3.05. The highest BCUT2D eigenvalue weighted by atomic mass is 35.5. The van der Waals surface area contributed by atoms with Crippen LogP contribution in [0.1, 0.15) is 35.2 Å². The van der Waals surface area contributed by atoms with Crippen molar-refractivity contribution in [3.63, 3.8) is 0 Å². The molecule has 5 nitrogen and oxygen atoms in total. The number of amides is 1. The van der Waals surface area contributed by atoms with Crippen molar-refractivity contribution in [2.75, 3.05) is 5.32 Å². The van der Waals surface area contributed by atoms with E-state index >= 15 is 0 Å². The Morgan fingerprint density at radius 3 is 2.46 bits per heavy atom. The van der Waals surface area contributed by atoms with Crippen LogP contribution in [0.5, 0.6) is 11.5 Å². The third kappa shape index (κ3) is 5.02. The van der Waals surface area contributed by atoms with Gasteiger partial charge >= 0.3 is 0 Å². The van der Waals surface area contributed by atoms with Gasteiger partial charge in [-0.3, -0.25) is 9.59 Å². The van der Waals surface area contributed by atoms with E-state index in [0.29, 0.717) is 45.7 Å². The van der Waals surface area contributed by atoms with Crippen molar-refractivity contribution in [1.82, 2.24) is 0 Å². The van der Waals surface area contributed by atoms with Crippen LogP contribution < -0.4 is 10.1 Å². The third-order valence-corrected chi connectivity index (χ3v) is 4.46. The Bertz CT molecular complexity index is 992. The van der Waals surface area contributed by atoms with Crippen LogP contribution in [0.15, 0.2) is 59.0 Å². The third-order valence-electron chi connectivity index (χ3n) is 4.15. The van der Waals surface area contributed by atoms with Crippen LogP contribution in [-0.2, 0) is 11.2 Å². The summed E-state index contributed by atoms with van der Waals surface area (Å²) in [4.78, 5) is 23.6. The predicted molar refractivity (Wildman–Crippen MR) is 108 cm³/mol. The molecule has 3 rings (SSSR count). The zero-order valence-corrected chi connectivity index (χ0v) is 16.4. The van der Waals surface area contributed by atoms with Gasteiger partial charge < -0.3 is 14.5 Å². The van der Waals surface area contributed by atoms with E-state index in [9.17, 15) is 9.59 Å². The lowest BCUT2D eigenvalue weighted by Gasteiger charge is -2.09. The van der Waals surface area contributed by atoms with Gasteiger partial charge in [0.15, 0.2) is 5.78 Å². The molecule has 6 heteroatoms. The maximum Gasteiger partial charge on any atom is 0.224 e. The summed E-state index contributed by atoms with van der Waals surface area (Å²) in [5.41, 5.74) is 1.22. The van der Waals surface area contributed by atoms with Gasteiger partial charge in [-0.25, -0.2) is 0 Å². The molecular formula is C22H20ClNO4. The Morgan fingerprint density at radius 2 is 1.82 bits per heavy atom. The number of benzene rings is 2. The fourth-order valence-corrected chi connectivity index (χ4v) is 2.91. The van der Waals surface area contributed by atoms with Gasteiger partial charge in [0.1, 0.15) is 23.0 Å². The number of rotatable bonds is 7. The van der Waals surface area contributed by atoms with Gasteiger partial charge in [-0.2, -0.15) is 0 Å². The van der Waals surface area contributed by atoms with Crippen molar-refractivity contribution in [1.29, 1.82) is 0 Å². The Kier molecular flexibility index (Phi) is 6.16. The van der Waals surface area contributed by atoms with E-state index in [4.69, 9.17) is 20.8 Å². The molecule has 1 amide bonds. The number of carbonyl (C=O) groups excluding carboxylic acids is 2. The van der Waals surface area contributed by atoms with Crippen molar-refractivity contribution in [2.24, 2.45) is 0 Å². The van der Waals surface area contributed by atoms with Crippen LogP contribution in [0, 0.1) is 6.92 Å². The quantitative estimate of drug-likeness (QED) is 0.511. The second-order valence-electron chi connectivity index (χ2n) is 6.34. The normalized spacial score (nSPS) is 10.5. The van der Waals surface area contributed by atoms with E-state index < -0.39 is 0 Å². The Morgan fingerprint density at radius 1 is 1.11 bits per heavy atom. The smallest absolute Gasteiger partial charge is 0.224 e. The topological polar surface area (TPSA) is 68.5 Å². The standard InChI is InChI=1S/C22H20ClNO4/c1-14(25)19-13-18(27-15(19)2)11-12-22(26)24-16-7-9-17(10-8-16)28-21-6-4-3-5-20(21)23/h3-10,13H,11-12H2,1-2H3,(H,24,26). The van der Waals surface area contributed by atoms with Crippen LogP contribution in [0.2, 0.25) is 5.02 Å². The number of Topliss-reactive ketones (excluding diaryl/α,β-unsaturated/α-hetero) is 1. The molecular weight excluding hydrogens is 378 g/mol. The number of furan rings is 1. The zero-order chi connectivity index (χ0) is 20.1. The maximum atomic E-state index is 12.2. The molecule has 0 radical (unpaired) electrons. The molecule has 0 aliphatic carbocycles. The van der Waals surface area contributed by atoms with Crippen LogP contribution >= 0.6 is 11.6 Å². The van der Waals surface area contributed by atoms with E-state index in [1.54, 1.807) is 49.4 Å². The monoisotopic (exact) mass is 397 g/mol. The van der Waals surface area contributed by atoms with Crippen LogP contribution in [0.25, 0.3) is 0 Å². The summed E-state index contributed by atoms with van der Waals surface area (Å²) in [6.07, 6.45) is 0.676. The van der Waals surface area contributed by atoms with Crippen molar-refractivity contribution in [3.05, 3.63) is 76.7 Å². The molecule has 0 aliphatic heterocycles. The zero-order valence-electron chi connectivity index (χ0n) is 15.6. The number of carbonyl (C=O) groups is 2. The highest BCUT2D eigenvalue weighted by Gasteiger charge is 2.12. The molecule has 0 spiro atoms. The average molecular weight is 398 g/mol. The lowest BCUT2D eigenvalue weighted by Crippen LogP contribution is -2.12. The molecule has 144 valence electrons. The number of ketones is 1. The maximum absolute atomic E-state index is 12.2. The summed E-state index contributed by atoms with van der Waals surface area (Å²) >= 11 is 6.08. The van der Waals surface area contributed by atoms with Crippen LogP contribution in [0.3, 0.4) is 0 Å². The van der Waals surface area contributed by atoms with Crippen molar-refractivity contribution in [2.45, 2.75) is 26.7 Å². The molecule has 0 bridgehead atoms. The number of halogens is 1. The van der Waals surface area contributed by atoms with Crippen LogP contribution in [0.4, 0.5) is 5.69 Å². The average Bonchev–Trinajstić information content (AvgIpc) is 3.04.